The Bertz CT molecular complexity index is 1350. The molecule has 1 N–H and O–H groups in total. The van der Waals surface area contributed by atoms with Crippen LogP contribution in [0.15, 0.2) is 89.8 Å². The lowest BCUT2D eigenvalue weighted by atomic mass is 10.1. The van der Waals surface area contributed by atoms with E-state index in [1.54, 1.807) is 42.5 Å². The summed E-state index contributed by atoms with van der Waals surface area (Å²) in [6.07, 6.45) is 1.65. The van der Waals surface area contributed by atoms with Crippen LogP contribution >= 0.6 is 0 Å². The normalized spacial score (nSPS) is 12.7. The highest BCUT2D eigenvalue weighted by Gasteiger charge is 2.33. The molecule has 0 saturated heterocycles. The Morgan fingerprint density at radius 3 is 2.15 bits per heavy atom. The quantitative estimate of drug-likeness (QED) is 0.307. The number of hydrogen-bond acceptors (Lipinski definition) is 5. The van der Waals surface area contributed by atoms with Gasteiger partial charge in [-0.15, -0.1) is 0 Å². The van der Waals surface area contributed by atoms with Gasteiger partial charge < -0.3 is 15.0 Å². The summed E-state index contributed by atoms with van der Waals surface area (Å²) < 4.78 is 34.1. The summed E-state index contributed by atoms with van der Waals surface area (Å²) in [5.41, 5.74) is 1.30. The number of amides is 2. The molecule has 0 unspecified atom stereocenters. The van der Waals surface area contributed by atoms with E-state index in [1.807, 2.05) is 51.1 Å². The number of benzene rings is 3. The number of ether oxygens (including phenoxy) is 1. The summed E-state index contributed by atoms with van der Waals surface area (Å²) >= 11 is 0. The average Bonchev–Trinajstić information content (AvgIpc) is 2.98. The molecule has 8 nitrogen and oxygen atoms in total. The molecule has 3 aromatic carbocycles. The highest BCUT2D eigenvalue weighted by Crippen LogP contribution is 2.27. The summed E-state index contributed by atoms with van der Waals surface area (Å²) in [5.74, 6) is -0.264. The SMILES string of the molecule is CC[C@@H](C)NC(=O)[C@@H](CC)N(CCc1ccccc1)C(=O)CN(c1cccc(OC)c1)S(=O)(=O)c1ccccc1. The Kier molecular flexibility index (Phi) is 11.1. The third-order valence-electron chi connectivity index (χ3n) is 6.82. The lowest BCUT2D eigenvalue weighted by Gasteiger charge is -2.33. The van der Waals surface area contributed by atoms with Crippen molar-refractivity contribution in [1.29, 1.82) is 0 Å². The predicted molar refractivity (Wildman–Crippen MR) is 158 cm³/mol. The first kappa shape index (κ1) is 30.7. The summed E-state index contributed by atoms with van der Waals surface area (Å²) in [7, 11) is -2.63. The first-order chi connectivity index (χ1) is 19.2. The number of methoxy groups -OCH3 is 1. The molecule has 0 aliphatic heterocycles. The van der Waals surface area contributed by atoms with E-state index in [9.17, 15) is 18.0 Å². The second kappa shape index (κ2) is 14.5. The second-order valence-corrected chi connectivity index (χ2v) is 11.5. The van der Waals surface area contributed by atoms with Gasteiger partial charge in [0, 0.05) is 18.7 Å². The van der Waals surface area contributed by atoms with Crippen LogP contribution in [0.4, 0.5) is 5.69 Å². The van der Waals surface area contributed by atoms with Gasteiger partial charge in [-0.25, -0.2) is 8.42 Å². The topological polar surface area (TPSA) is 96.0 Å². The minimum Gasteiger partial charge on any atom is -0.497 e. The molecule has 3 rings (SSSR count). The highest BCUT2D eigenvalue weighted by molar-refractivity contribution is 7.92. The molecule has 0 aliphatic carbocycles. The first-order valence-electron chi connectivity index (χ1n) is 13.6. The fourth-order valence-electron chi connectivity index (χ4n) is 4.35. The standard InChI is InChI=1S/C31H39N3O5S/c1-5-24(3)32-31(36)29(6-2)33(21-20-25-14-9-7-10-15-25)30(35)23-34(26-16-13-17-27(22-26)39-4)40(37,38)28-18-11-8-12-19-28/h7-19,22,24,29H,5-6,20-21,23H2,1-4H3,(H,32,36)/t24-,29-/m1/s1. The fraction of sp³-hybridized carbons (Fsp3) is 0.355. The number of nitrogens with zero attached hydrogens (tertiary/aromatic N) is 2. The summed E-state index contributed by atoms with van der Waals surface area (Å²) in [4.78, 5) is 28.9. The summed E-state index contributed by atoms with van der Waals surface area (Å²) in [5, 5.41) is 2.99. The maximum atomic E-state index is 14.0. The van der Waals surface area contributed by atoms with Gasteiger partial charge in [-0.05, 0) is 56.0 Å². The van der Waals surface area contributed by atoms with Crippen molar-refractivity contribution in [3.05, 3.63) is 90.5 Å². The van der Waals surface area contributed by atoms with E-state index in [2.05, 4.69) is 5.32 Å². The molecule has 2 amide bonds. The molecule has 0 aromatic heterocycles. The van der Waals surface area contributed by atoms with Gasteiger partial charge in [-0.2, -0.15) is 0 Å². The fourth-order valence-corrected chi connectivity index (χ4v) is 5.78. The zero-order valence-corrected chi connectivity index (χ0v) is 24.4. The lowest BCUT2D eigenvalue weighted by molar-refractivity contribution is -0.139. The molecule has 3 aromatic rings. The van der Waals surface area contributed by atoms with Gasteiger partial charge in [-0.3, -0.25) is 13.9 Å². The van der Waals surface area contributed by atoms with E-state index in [0.29, 0.717) is 18.6 Å². The van der Waals surface area contributed by atoms with Crippen LogP contribution in [-0.4, -0.2) is 57.4 Å². The minimum atomic E-state index is -4.12. The van der Waals surface area contributed by atoms with Crippen LogP contribution < -0.4 is 14.4 Å². The van der Waals surface area contributed by atoms with E-state index in [1.165, 1.54) is 24.1 Å². The van der Waals surface area contributed by atoms with Gasteiger partial charge in [0.25, 0.3) is 10.0 Å². The van der Waals surface area contributed by atoms with Crippen LogP contribution in [0.1, 0.15) is 39.2 Å². The second-order valence-electron chi connectivity index (χ2n) is 9.59. The van der Waals surface area contributed by atoms with E-state index in [0.717, 1.165) is 16.3 Å². The minimum absolute atomic E-state index is 0.0561. The van der Waals surface area contributed by atoms with Crippen LogP contribution in [0.5, 0.6) is 5.75 Å². The molecule has 0 spiro atoms. The average molecular weight is 566 g/mol. The van der Waals surface area contributed by atoms with Gasteiger partial charge >= 0.3 is 0 Å². The third-order valence-corrected chi connectivity index (χ3v) is 8.61. The Hall–Kier alpha value is -3.85. The van der Waals surface area contributed by atoms with Crippen LogP contribution in [0.25, 0.3) is 0 Å². The monoisotopic (exact) mass is 565 g/mol. The van der Waals surface area contributed by atoms with Gasteiger partial charge in [0.15, 0.2) is 0 Å². The molecule has 0 aliphatic rings. The Labute approximate surface area is 238 Å². The molecular weight excluding hydrogens is 526 g/mol. The van der Waals surface area contributed by atoms with Gasteiger partial charge in [0.1, 0.15) is 18.3 Å². The van der Waals surface area contributed by atoms with Crippen molar-refractivity contribution in [3.8, 4) is 5.75 Å². The largest absolute Gasteiger partial charge is 0.497 e. The number of anilines is 1. The third kappa shape index (κ3) is 7.85. The Morgan fingerprint density at radius 1 is 0.900 bits per heavy atom. The molecular formula is C31H39N3O5S. The Morgan fingerprint density at radius 2 is 1.55 bits per heavy atom. The predicted octanol–water partition coefficient (Wildman–Crippen LogP) is 4.66. The van der Waals surface area contributed by atoms with Crippen molar-refractivity contribution in [3.63, 3.8) is 0 Å². The van der Waals surface area contributed by atoms with E-state index in [-0.39, 0.29) is 29.1 Å². The summed E-state index contributed by atoms with van der Waals surface area (Å²) in [6, 6.07) is 23.5. The van der Waals surface area contributed by atoms with Gasteiger partial charge in [0.05, 0.1) is 17.7 Å². The zero-order valence-electron chi connectivity index (χ0n) is 23.6. The zero-order chi connectivity index (χ0) is 29.1. The van der Waals surface area contributed by atoms with Crippen LogP contribution in [0.3, 0.4) is 0 Å². The van der Waals surface area contributed by atoms with Crippen molar-refractivity contribution in [2.45, 2.75) is 57.0 Å². The van der Waals surface area contributed by atoms with Crippen LogP contribution in [-0.2, 0) is 26.0 Å². The lowest BCUT2D eigenvalue weighted by Crippen LogP contribution is -2.54. The van der Waals surface area contributed by atoms with Crippen molar-refractivity contribution in [2.24, 2.45) is 0 Å². The highest BCUT2D eigenvalue weighted by atomic mass is 32.2. The molecule has 2 atom stereocenters. The number of carbonyl (C=O) groups excluding carboxylic acids is 2. The molecule has 9 heteroatoms. The first-order valence-corrected chi connectivity index (χ1v) is 15.0. The summed E-state index contributed by atoms with van der Waals surface area (Å²) in [6.45, 7) is 5.52. The molecule has 40 heavy (non-hydrogen) atoms. The van der Waals surface area contributed by atoms with Crippen molar-refractivity contribution >= 4 is 27.5 Å². The number of sulfonamides is 1. The van der Waals surface area contributed by atoms with Crippen molar-refractivity contribution in [1.82, 2.24) is 10.2 Å². The van der Waals surface area contributed by atoms with E-state index >= 15 is 0 Å². The van der Waals surface area contributed by atoms with Crippen molar-refractivity contribution in [2.75, 3.05) is 24.5 Å². The number of hydrogen-bond donors (Lipinski definition) is 1. The molecule has 0 saturated carbocycles. The maximum Gasteiger partial charge on any atom is 0.264 e. The Balaban J connectivity index is 2.01. The molecule has 0 bridgehead atoms. The molecule has 0 fully saturated rings. The molecule has 0 heterocycles. The van der Waals surface area contributed by atoms with E-state index in [4.69, 9.17) is 4.74 Å². The number of nitrogens with one attached hydrogen (secondary N) is 1. The molecule has 0 radical (unpaired) electrons. The van der Waals surface area contributed by atoms with Crippen LogP contribution in [0, 0.1) is 0 Å². The van der Waals surface area contributed by atoms with E-state index < -0.39 is 28.5 Å². The van der Waals surface area contributed by atoms with Gasteiger partial charge in [-0.1, -0.05) is 68.4 Å². The maximum absolute atomic E-state index is 14.0. The van der Waals surface area contributed by atoms with Gasteiger partial charge in [0.2, 0.25) is 11.8 Å². The van der Waals surface area contributed by atoms with Crippen LogP contribution in [0.2, 0.25) is 0 Å². The molecule has 214 valence electrons. The van der Waals surface area contributed by atoms with Crippen molar-refractivity contribution < 1.29 is 22.7 Å². The number of carbonyl (C=O) groups is 2. The smallest absolute Gasteiger partial charge is 0.264 e. The number of rotatable bonds is 14.